The van der Waals surface area contributed by atoms with Gasteiger partial charge in [-0.1, -0.05) is 18.2 Å². The molecule has 9 heteroatoms. The first-order chi connectivity index (χ1) is 9.90. The van der Waals surface area contributed by atoms with E-state index >= 15 is 0 Å². The van der Waals surface area contributed by atoms with E-state index in [4.69, 9.17) is 5.14 Å². The van der Waals surface area contributed by atoms with Crippen molar-refractivity contribution in [2.24, 2.45) is 8.91 Å². The smallest absolute Gasteiger partial charge is 0.264 e. The molecule has 2 N–H and O–H groups in total. The molecule has 1 atom stereocenters. The number of nitrogens with two attached hydrogens (primary N) is 1. The van der Waals surface area contributed by atoms with E-state index in [2.05, 4.69) is 3.77 Å². The van der Waals surface area contributed by atoms with Crippen molar-refractivity contribution in [1.29, 1.82) is 0 Å². The zero-order valence-electron chi connectivity index (χ0n) is 10.6. The number of benzene rings is 2. The van der Waals surface area contributed by atoms with E-state index in [0.717, 1.165) is 0 Å². The molecule has 0 aliphatic carbocycles. The average molecular weight is 325 g/mol. The molecule has 110 valence electrons. The largest absolute Gasteiger partial charge is 0.289 e. The van der Waals surface area contributed by atoms with Crippen molar-refractivity contribution in [2.75, 3.05) is 0 Å². The Hall–Kier alpha value is -2.10. The van der Waals surface area contributed by atoms with Gasteiger partial charge in [0.05, 0.1) is 9.82 Å². The van der Waals surface area contributed by atoms with Crippen molar-refractivity contribution in [3.8, 4) is 0 Å². The van der Waals surface area contributed by atoms with Crippen LogP contribution in [0.25, 0.3) is 0 Å². The Kier molecular flexibility index (Phi) is 4.46. The lowest BCUT2D eigenvalue weighted by atomic mass is 10.3. The number of nitro benzene ring substituents is 1. The van der Waals surface area contributed by atoms with Gasteiger partial charge in [0, 0.05) is 27.9 Å². The summed E-state index contributed by atoms with van der Waals surface area (Å²) in [5.41, 5.74) is -0.0957. The van der Waals surface area contributed by atoms with Gasteiger partial charge in [0.15, 0.2) is 0 Å². The summed E-state index contributed by atoms with van der Waals surface area (Å²) in [7, 11) is -5.27. The molecule has 0 aromatic heterocycles. The maximum atomic E-state index is 12.0. The maximum Gasteiger partial charge on any atom is 0.289 e. The van der Waals surface area contributed by atoms with E-state index in [9.17, 15) is 18.5 Å². The molecule has 0 amide bonds. The maximum absolute atomic E-state index is 12.0. The van der Waals surface area contributed by atoms with E-state index in [1.165, 1.54) is 36.4 Å². The van der Waals surface area contributed by atoms with E-state index in [1.807, 2.05) is 0 Å². The summed E-state index contributed by atoms with van der Waals surface area (Å²) in [5.74, 6) is 0. The van der Waals surface area contributed by atoms with Gasteiger partial charge in [-0.05, 0) is 24.3 Å². The van der Waals surface area contributed by atoms with Gasteiger partial charge in [0.2, 0.25) is 0 Å². The van der Waals surface area contributed by atoms with Crippen LogP contribution in [-0.2, 0) is 20.9 Å². The fraction of sp³-hybridized carbons (Fsp3) is 0. The minimum Gasteiger partial charge on any atom is -0.264 e. The molecule has 0 fully saturated rings. The lowest BCUT2D eigenvalue weighted by molar-refractivity contribution is -0.384. The molecule has 21 heavy (non-hydrogen) atoms. The first kappa shape index (κ1) is 15.3. The number of sulfonamides is 1. The summed E-state index contributed by atoms with van der Waals surface area (Å²) in [6.45, 7) is 0. The monoisotopic (exact) mass is 325 g/mol. The normalized spacial score (nSPS) is 13.0. The fourth-order valence-corrected chi connectivity index (χ4v) is 3.94. The van der Waals surface area contributed by atoms with E-state index < -0.39 is 25.8 Å². The summed E-state index contributed by atoms with van der Waals surface area (Å²) >= 11 is 0. The lowest BCUT2D eigenvalue weighted by Crippen LogP contribution is -2.07. The van der Waals surface area contributed by atoms with Gasteiger partial charge in [0.1, 0.15) is 0 Å². The highest BCUT2D eigenvalue weighted by molar-refractivity contribution is 7.99. The Balaban J connectivity index is 2.35. The minimum atomic E-state index is -3.86. The first-order valence-corrected chi connectivity index (χ1v) is 8.35. The van der Waals surface area contributed by atoms with Crippen LogP contribution in [-0.4, -0.2) is 13.3 Å². The molecule has 0 aliphatic heterocycles. The third-order valence-electron chi connectivity index (χ3n) is 2.51. The molecule has 0 saturated heterocycles. The Bertz CT molecular complexity index is 787. The third-order valence-corrected chi connectivity index (χ3v) is 5.56. The van der Waals surface area contributed by atoms with Crippen molar-refractivity contribution < 1.29 is 13.3 Å². The van der Waals surface area contributed by atoms with Gasteiger partial charge in [0.25, 0.3) is 15.7 Å². The molecular weight excluding hydrogens is 314 g/mol. The highest BCUT2D eigenvalue weighted by atomic mass is 32.3. The Morgan fingerprint density at radius 1 is 1.05 bits per heavy atom. The van der Waals surface area contributed by atoms with Crippen LogP contribution in [0.1, 0.15) is 0 Å². The number of rotatable bonds is 4. The second kappa shape index (κ2) is 6.12. The Morgan fingerprint density at radius 2 is 1.62 bits per heavy atom. The van der Waals surface area contributed by atoms with Gasteiger partial charge in [-0.3, -0.25) is 15.3 Å². The van der Waals surface area contributed by atoms with Crippen LogP contribution in [0.15, 0.2) is 68.2 Å². The highest BCUT2D eigenvalue weighted by Crippen LogP contribution is 2.17. The molecule has 7 nitrogen and oxygen atoms in total. The first-order valence-electron chi connectivity index (χ1n) is 5.66. The molecule has 0 heterocycles. The number of hydrogen-bond acceptors (Lipinski definition) is 4. The van der Waals surface area contributed by atoms with E-state index in [1.54, 1.807) is 18.2 Å². The van der Waals surface area contributed by atoms with Crippen LogP contribution in [0.3, 0.4) is 0 Å². The van der Waals surface area contributed by atoms with Crippen molar-refractivity contribution in [1.82, 2.24) is 0 Å². The van der Waals surface area contributed by atoms with Crippen LogP contribution in [0, 0.1) is 10.1 Å². The Morgan fingerprint density at radius 3 is 2.14 bits per heavy atom. The molecule has 2 aromatic rings. The number of nitrogens with zero attached hydrogens (tertiary/aromatic N) is 2. The summed E-state index contributed by atoms with van der Waals surface area (Å²) < 4.78 is 27.7. The van der Waals surface area contributed by atoms with Crippen LogP contribution < -0.4 is 5.14 Å². The molecule has 0 aliphatic rings. The fourth-order valence-electron chi connectivity index (χ4n) is 1.49. The molecule has 2 aromatic carbocycles. The zero-order valence-corrected chi connectivity index (χ0v) is 12.3. The zero-order chi connectivity index (χ0) is 15.5. The molecule has 0 radical (unpaired) electrons. The second-order valence-electron chi connectivity index (χ2n) is 3.93. The molecule has 0 bridgehead atoms. The molecular formula is C12H11N3O4S2. The van der Waals surface area contributed by atoms with Crippen LogP contribution >= 0.6 is 0 Å². The van der Waals surface area contributed by atoms with Gasteiger partial charge >= 0.3 is 0 Å². The molecule has 0 saturated carbocycles. The number of nitro groups is 1. The average Bonchev–Trinajstić information content (AvgIpc) is 2.48. The predicted molar refractivity (Wildman–Crippen MR) is 79.0 cm³/mol. The number of non-ortho nitro benzene ring substituents is 1. The lowest BCUT2D eigenvalue weighted by Gasteiger charge is -2.03. The van der Waals surface area contributed by atoms with E-state index in [0.29, 0.717) is 4.90 Å². The van der Waals surface area contributed by atoms with Crippen LogP contribution in [0.5, 0.6) is 0 Å². The minimum absolute atomic E-state index is 0.0508. The molecule has 0 unspecified atom stereocenters. The van der Waals surface area contributed by atoms with Gasteiger partial charge < -0.3 is 0 Å². The van der Waals surface area contributed by atoms with Crippen molar-refractivity contribution >= 4 is 26.6 Å². The Labute approximate surface area is 123 Å². The van der Waals surface area contributed by atoms with Crippen molar-refractivity contribution in [3.05, 3.63) is 64.7 Å². The van der Waals surface area contributed by atoms with Crippen LogP contribution in [0.2, 0.25) is 0 Å². The topological polar surface area (TPSA) is 116 Å². The summed E-state index contributed by atoms with van der Waals surface area (Å²) in [4.78, 5) is 10.5. The molecule has 0 spiro atoms. The van der Waals surface area contributed by atoms with Gasteiger partial charge in [-0.2, -0.15) is 8.42 Å². The number of hydrogen-bond donors (Lipinski definition) is 1. The quantitative estimate of drug-likeness (QED) is 0.682. The molecule has 2 rings (SSSR count). The highest BCUT2D eigenvalue weighted by Gasteiger charge is 2.13. The van der Waals surface area contributed by atoms with Gasteiger partial charge in [-0.15, -0.1) is 3.77 Å². The van der Waals surface area contributed by atoms with Crippen molar-refractivity contribution in [2.45, 2.75) is 9.79 Å². The van der Waals surface area contributed by atoms with Gasteiger partial charge in [-0.25, -0.2) is 0 Å². The summed E-state index contributed by atoms with van der Waals surface area (Å²) in [6, 6.07) is 13.0. The summed E-state index contributed by atoms with van der Waals surface area (Å²) in [5, 5.41) is 16.3. The van der Waals surface area contributed by atoms with E-state index in [-0.39, 0.29) is 10.6 Å². The third kappa shape index (κ3) is 3.72. The predicted octanol–water partition coefficient (Wildman–Crippen LogP) is 2.02. The second-order valence-corrected chi connectivity index (χ2v) is 7.05. The van der Waals surface area contributed by atoms with Crippen molar-refractivity contribution in [3.63, 3.8) is 0 Å². The summed E-state index contributed by atoms with van der Waals surface area (Å²) in [6.07, 6.45) is 0. The van der Waals surface area contributed by atoms with Crippen LogP contribution in [0.4, 0.5) is 5.69 Å². The standard InChI is InChI=1S/C12H11N3O4S2/c13-20(11-8-6-10(7-9-11)15(16)17)14-21(18,19)12-4-2-1-3-5-12/h1-9H,(H2,13,14)/t20-/m1/s1. The SMILES string of the molecule is N[S@](=NS(=O)(=O)c1ccccc1)c1ccc([N+](=O)[O-])cc1.